The molecule has 3 amide bonds. The lowest BCUT2D eigenvalue weighted by molar-refractivity contribution is -0.129. The summed E-state index contributed by atoms with van der Waals surface area (Å²) in [5.74, 6) is -0.284. The molecular formula is C16H20N6O5S. The van der Waals surface area contributed by atoms with E-state index in [1.54, 1.807) is 6.07 Å². The standard InChI is InChI=1S/C16H20N6O5S/c23-14(22-4-3-17-16(22)25)10-20-5-7-21(8-6-20)28(26,27)11-1-2-12-13(9-11)19-15(24)18-12/h1-2,9H,3-8,10H2,(H,17,25)(H2,18,19,24). The van der Waals surface area contributed by atoms with E-state index in [-0.39, 0.29) is 36.5 Å². The Hall–Kier alpha value is -2.70. The van der Waals surface area contributed by atoms with Gasteiger partial charge in [-0.2, -0.15) is 4.31 Å². The lowest BCUT2D eigenvalue weighted by Crippen LogP contribution is -2.51. The zero-order valence-electron chi connectivity index (χ0n) is 15.0. The van der Waals surface area contributed by atoms with E-state index in [1.807, 2.05) is 4.90 Å². The van der Waals surface area contributed by atoms with Gasteiger partial charge in [0, 0.05) is 39.3 Å². The molecule has 0 unspecified atom stereocenters. The molecule has 1 aromatic heterocycles. The first kappa shape index (κ1) is 18.7. The average molecular weight is 408 g/mol. The topological polar surface area (TPSA) is 139 Å². The molecule has 0 spiro atoms. The molecular weight excluding hydrogens is 388 g/mol. The number of aromatic nitrogens is 2. The molecule has 3 N–H and O–H groups in total. The third-order valence-corrected chi connectivity index (χ3v) is 6.87. The zero-order valence-corrected chi connectivity index (χ0v) is 15.8. The number of nitrogens with one attached hydrogen (secondary N) is 3. The first-order chi connectivity index (χ1) is 13.3. The Labute approximate surface area is 160 Å². The summed E-state index contributed by atoms with van der Waals surface area (Å²) in [7, 11) is -3.71. The van der Waals surface area contributed by atoms with Gasteiger partial charge in [-0.3, -0.25) is 14.6 Å². The molecule has 2 fully saturated rings. The number of hydrogen-bond acceptors (Lipinski definition) is 6. The maximum absolute atomic E-state index is 12.9. The van der Waals surface area contributed by atoms with E-state index < -0.39 is 15.7 Å². The molecule has 11 nitrogen and oxygen atoms in total. The number of nitrogens with zero attached hydrogens (tertiary/aromatic N) is 3. The molecule has 150 valence electrons. The molecule has 0 atom stereocenters. The van der Waals surface area contributed by atoms with Gasteiger partial charge in [0.2, 0.25) is 15.9 Å². The third kappa shape index (κ3) is 3.41. The van der Waals surface area contributed by atoms with Crippen LogP contribution in [0.4, 0.5) is 4.79 Å². The number of amides is 3. The number of benzene rings is 1. The van der Waals surface area contributed by atoms with Crippen LogP contribution in [0, 0.1) is 0 Å². The van der Waals surface area contributed by atoms with Gasteiger partial charge in [0.1, 0.15) is 0 Å². The monoisotopic (exact) mass is 408 g/mol. The van der Waals surface area contributed by atoms with E-state index in [0.717, 1.165) is 0 Å². The maximum atomic E-state index is 12.9. The number of fused-ring (bicyclic) bond motifs is 1. The number of piperazine rings is 1. The van der Waals surface area contributed by atoms with Crippen molar-refractivity contribution in [2.45, 2.75) is 4.90 Å². The van der Waals surface area contributed by atoms with Crippen LogP contribution in [0.5, 0.6) is 0 Å². The molecule has 2 saturated heterocycles. The zero-order chi connectivity index (χ0) is 19.9. The fourth-order valence-electron chi connectivity index (χ4n) is 3.44. The van der Waals surface area contributed by atoms with Crippen molar-refractivity contribution >= 4 is 33.0 Å². The summed E-state index contributed by atoms with van der Waals surface area (Å²) in [6.45, 7) is 2.15. The van der Waals surface area contributed by atoms with E-state index in [2.05, 4.69) is 15.3 Å². The molecule has 0 bridgehead atoms. The van der Waals surface area contributed by atoms with Crippen LogP contribution in [0.2, 0.25) is 0 Å². The summed E-state index contributed by atoms with van der Waals surface area (Å²) >= 11 is 0. The van der Waals surface area contributed by atoms with Crippen molar-refractivity contribution in [3.8, 4) is 0 Å². The molecule has 28 heavy (non-hydrogen) atoms. The van der Waals surface area contributed by atoms with Crippen molar-refractivity contribution < 1.29 is 18.0 Å². The number of imide groups is 1. The number of H-pyrrole nitrogens is 2. The molecule has 4 rings (SSSR count). The molecule has 12 heteroatoms. The average Bonchev–Trinajstić information content (AvgIpc) is 3.25. The van der Waals surface area contributed by atoms with Gasteiger partial charge in [-0.05, 0) is 18.2 Å². The molecule has 2 aromatic rings. The molecule has 2 aliphatic rings. The number of hydrogen-bond donors (Lipinski definition) is 3. The highest BCUT2D eigenvalue weighted by molar-refractivity contribution is 7.89. The van der Waals surface area contributed by atoms with Crippen molar-refractivity contribution in [1.82, 2.24) is 29.4 Å². The Kier molecular flexibility index (Phi) is 4.69. The number of imidazole rings is 1. The SMILES string of the molecule is O=C(CN1CCN(S(=O)(=O)c2ccc3[nH]c(=O)[nH]c3c2)CC1)N1CCNC1=O. The lowest BCUT2D eigenvalue weighted by Gasteiger charge is -2.34. The fraction of sp³-hybridized carbons (Fsp3) is 0.438. The van der Waals surface area contributed by atoms with Crippen LogP contribution in [0.25, 0.3) is 11.0 Å². The van der Waals surface area contributed by atoms with E-state index in [1.165, 1.54) is 21.3 Å². The Balaban J connectivity index is 1.41. The molecule has 2 aliphatic heterocycles. The van der Waals surface area contributed by atoms with E-state index in [4.69, 9.17) is 0 Å². The Morgan fingerprint density at radius 3 is 2.39 bits per heavy atom. The molecule has 0 radical (unpaired) electrons. The van der Waals surface area contributed by atoms with Crippen LogP contribution in [0.1, 0.15) is 0 Å². The summed E-state index contributed by atoms with van der Waals surface area (Å²) in [6.07, 6.45) is 0. The number of aromatic amines is 2. The van der Waals surface area contributed by atoms with Gasteiger partial charge in [-0.25, -0.2) is 18.0 Å². The van der Waals surface area contributed by atoms with E-state index >= 15 is 0 Å². The van der Waals surface area contributed by atoms with Gasteiger partial charge in [0.05, 0.1) is 22.5 Å². The maximum Gasteiger partial charge on any atom is 0.324 e. The third-order valence-electron chi connectivity index (χ3n) is 4.97. The minimum atomic E-state index is -3.71. The molecule has 1 aromatic carbocycles. The van der Waals surface area contributed by atoms with Crippen LogP contribution >= 0.6 is 0 Å². The summed E-state index contributed by atoms with van der Waals surface area (Å²) in [6, 6.07) is 4.06. The van der Waals surface area contributed by atoms with E-state index in [0.29, 0.717) is 37.2 Å². The Morgan fingerprint density at radius 1 is 1.00 bits per heavy atom. The summed E-state index contributed by atoms with van der Waals surface area (Å²) in [5, 5.41) is 2.58. The van der Waals surface area contributed by atoms with Gasteiger partial charge in [-0.15, -0.1) is 0 Å². The summed E-state index contributed by atoms with van der Waals surface area (Å²) in [4.78, 5) is 43.4. The molecule has 0 aliphatic carbocycles. The summed E-state index contributed by atoms with van der Waals surface area (Å²) < 4.78 is 27.2. The van der Waals surface area contributed by atoms with Crippen LogP contribution in [0.15, 0.2) is 27.9 Å². The number of sulfonamides is 1. The van der Waals surface area contributed by atoms with Crippen LogP contribution in [0.3, 0.4) is 0 Å². The normalized spacial score (nSPS) is 19.3. The minimum Gasteiger partial charge on any atom is -0.336 e. The van der Waals surface area contributed by atoms with Gasteiger partial charge < -0.3 is 15.3 Å². The molecule has 3 heterocycles. The second kappa shape index (κ2) is 7.04. The summed E-state index contributed by atoms with van der Waals surface area (Å²) in [5.41, 5.74) is 0.576. The highest BCUT2D eigenvalue weighted by Crippen LogP contribution is 2.20. The lowest BCUT2D eigenvalue weighted by atomic mass is 10.3. The van der Waals surface area contributed by atoms with Gasteiger partial charge >= 0.3 is 11.7 Å². The first-order valence-corrected chi connectivity index (χ1v) is 10.3. The molecule has 0 saturated carbocycles. The van der Waals surface area contributed by atoms with E-state index in [9.17, 15) is 22.8 Å². The number of rotatable bonds is 4. The van der Waals surface area contributed by atoms with Crippen molar-refractivity contribution in [3.63, 3.8) is 0 Å². The van der Waals surface area contributed by atoms with Crippen LogP contribution < -0.4 is 11.0 Å². The number of urea groups is 1. The minimum absolute atomic E-state index is 0.0812. The Morgan fingerprint density at radius 2 is 1.71 bits per heavy atom. The first-order valence-electron chi connectivity index (χ1n) is 8.87. The van der Waals surface area contributed by atoms with Gasteiger partial charge in [-0.1, -0.05) is 0 Å². The highest BCUT2D eigenvalue weighted by Gasteiger charge is 2.32. The number of carbonyl (C=O) groups is 2. The van der Waals surface area contributed by atoms with Crippen molar-refractivity contribution in [3.05, 3.63) is 28.7 Å². The van der Waals surface area contributed by atoms with Crippen molar-refractivity contribution in [2.24, 2.45) is 0 Å². The van der Waals surface area contributed by atoms with Crippen LogP contribution in [-0.2, 0) is 14.8 Å². The number of carbonyl (C=O) groups excluding carboxylic acids is 2. The smallest absolute Gasteiger partial charge is 0.324 e. The van der Waals surface area contributed by atoms with Crippen LogP contribution in [-0.4, -0.2) is 90.2 Å². The predicted molar refractivity (Wildman–Crippen MR) is 99.2 cm³/mol. The second-order valence-electron chi connectivity index (χ2n) is 6.74. The van der Waals surface area contributed by atoms with Gasteiger partial charge in [0.15, 0.2) is 0 Å². The largest absolute Gasteiger partial charge is 0.336 e. The van der Waals surface area contributed by atoms with Gasteiger partial charge in [0.25, 0.3) is 0 Å². The predicted octanol–water partition coefficient (Wildman–Crippen LogP) is -1.29. The highest BCUT2D eigenvalue weighted by atomic mass is 32.2. The fourth-order valence-corrected chi connectivity index (χ4v) is 4.88. The quantitative estimate of drug-likeness (QED) is 0.576. The Bertz CT molecular complexity index is 1080. The van der Waals surface area contributed by atoms with Crippen molar-refractivity contribution in [2.75, 3.05) is 45.8 Å². The van der Waals surface area contributed by atoms with Crippen molar-refractivity contribution in [1.29, 1.82) is 0 Å². The second-order valence-corrected chi connectivity index (χ2v) is 8.68.